The second-order valence-electron chi connectivity index (χ2n) is 4.70. The first kappa shape index (κ1) is 14.7. The molecule has 1 aromatic carbocycles. The molecule has 1 aromatic rings. The number of hydrogen-bond donors (Lipinski definition) is 3. The molecule has 1 amide bonds. The minimum Gasteiger partial charge on any atom is -0.392 e. The summed E-state index contributed by atoms with van der Waals surface area (Å²) in [5.41, 5.74) is 1.08. The molecule has 4 nitrogen and oxygen atoms in total. The Morgan fingerprint density at radius 1 is 1.28 bits per heavy atom. The lowest BCUT2D eigenvalue weighted by molar-refractivity contribution is -0.120. The third kappa shape index (κ3) is 5.80. The van der Waals surface area contributed by atoms with Gasteiger partial charge in [-0.05, 0) is 11.5 Å². The molecule has 0 aliphatic carbocycles. The van der Waals surface area contributed by atoms with E-state index in [0.717, 1.165) is 5.56 Å². The van der Waals surface area contributed by atoms with Gasteiger partial charge in [-0.25, -0.2) is 0 Å². The van der Waals surface area contributed by atoms with Gasteiger partial charge in [0, 0.05) is 13.1 Å². The van der Waals surface area contributed by atoms with Gasteiger partial charge >= 0.3 is 0 Å². The van der Waals surface area contributed by atoms with Crippen molar-refractivity contribution >= 4 is 5.91 Å². The molecule has 0 spiro atoms. The Morgan fingerprint density at radius 2 is 1.94 bits per heavy atom. The summed E-state index contributed by atoms with van der Waals surface area (Å²) in [4.78, 5) is 11.5. The van der Waals surface area contributed by atoms with Gasteiger partial charge in [-0.2, -0.15) is 0 Å². The third-order valence-corrected chi connectivity index (χ3v) is 2.74. The van der Waals surface area contributed by atoms with Crippen LogP contribution in [0.5, 0.6) is 0 Å². The van der Waals surface area contributed by atoms with Crippen molar-refractivity contribution < 1.29 is 9.90 Å². The largest absolute Gasteiger partial charge is 0.392 e. The number of hydrogen-bond acceptors (Lipinski definition) is 3. The van der Waals surface area contributed by atoms with E-state index in [9.17, 15) is 9.90 Å². The van der Waals surface area contributed by atoms with Gasteiger partial charge in [0.2, 0.25) is 5.91 Å². The lowest BCUT2D eigenvalue weighted by atomic mass is 10.1. The number of rotatable bonds is 7. The summed E-state index contributed by atoms with van der Waals surface area (Å²) in [6.45, 7) is 5.10. The average molecular weight is 250 g/mol. The molecule has 0 fully saturated rings. The smallest absolute Gasteiger partial charge is 0.234 e. The molecule has 0 saturated heterocycles. The lowest BCUT2D eigenvalue weighted by Crippen LogP contribution is -2.38. The minimum absolute atomic E-state index is 0.0604. The molecule has 0 aliphatic rings. The van der Waals surface area contributed by atoms with Crippen LogP contribution in [-0.2, 0) is 11.3 Å². The molecule has 1 atom stereocenters. The summed E-state index contributed by atoms with van der Waals surface area (Å²) in [5, 5.41) is 15.3. The van der Waals surface area contributed by atoms with Crippen LogP contribution < -0.4 is 10.6 Å². The third-order valence-electron chi connectivity index (χ3n) is 2.74. The summed E-state index contributed by atoms with van der Waals surface area (Å²) in [5.74, 6) is 0.139. The van der Waals surface area contributed by atoms with E-state index < -0.39 is 6.10 Å². The monoisotopic (exact) mass is 250 g/mol. The van der Waals surface area contributed by atoms with Crippen LogP contribution in [0.25, 0.3) is 0 Å². The Bertz CT molecular complexity index is 352. The second-order valence-corrected chi connectivity index (χ2v) is 4.70. The number of carbonyl (C=O) groups excluding carboxylic acids is 1. The first-order valence-electron chi connectivity index (χ1n) is 6.29. The Labute approximate surface area is 108 Å². The van der Waals surface area contributed by atoms with E-state index in [4.69, 9.17) is 0 Å². The van der Waals surface area contributed by atoms with Gasteiger partial charge in [0.1, 0.15) is 0 Å². The summed E-state index contributed by atoms with van der Waals surface area (Å²) >= 11 is 0. The topological polar surface area (TPSA) is 61.4 Å². The van der Waals surface area contributed by atoms with Crippen molar-refractivity contribution in [1.29, 1.82) is 0 Å². The van der Waals surface area contributed by atoms with Gasteiger partial charge in [0.25, 0.3) is 0 Å². The zero-order valence-electron chi connectivity index (χ0n) is 11.0. The maximum Gasteiger partial charge on any atom is 0.234 e. The molecule has 0 saturated carbocycles. The summed E-state index contributed by atoms with van der Waals surface area (Å²) in [7, 11) is 0. The maximum absolute atomic E-state index is 11.5. The van der Waals surface area contributed by atoms with E-state index in [-0.39, 0.29) is 18.4 Å². The van der Waals surface area contributed by atoms with E-state index in [1.54, 1.807) is 0 Å². The number of nitrogens with one attached hydrogen (secondary N) is 2. The van der Waals surface area contributed by atoms with Crippen LogP contribution >= 0.6 is 0 Å². The number of benzene rings is 1. The summed E-state index contributed by atoms with van der Waals surface area (Å²) in [6.07, 6.45) is -0.410. The molecule has 4 heteroatoms. The molecule has 0 heterocycles. The highest BCUT2D eigenvalue weighted by molar-refractivity contribution is 5.77. The van der Waals surface area contributed by atoms with Gasteiger partial charge in [0.05, 0.1) is 12.6 Å². The standard InChI is InChI=1S/C14H22N2O2/c1-11(2)13(17)9-15-10-14(18)16-8-12-6-4-3-5-7-12/h3-7,11,13,15,17H,8-10H2,1-2H3,(H,16,18). The summed E-state index contributed by atoms with van der Waals surface area (Å²) < 4.78 is 0. The zero-order valence-corrected chi connectivity index (χ0v) is 11.0. The Hall–Kier alpha value is -1.39. The normalized spacial score (nSPS) is 12.4. The fraction of sp³-hybridized carbons (Fsp3) is 0.500. The second kappa shape index (κ2) is 7.84. The molecule has 0 aliphatic heterocycles. The number of carbonyl (C=O) groups is 1. The van der Waals surface area contributed by atoms with Crippen molar-refractivity contribution in [2.24, 2.45) is 5.92 Å². The van der Waals surface area contributed by atoms with Crippen LogP contribution in [-0.4, -0.2) is 30.2 Å². The van der Waals surface area contributed by atoms with Gasteiger partial charge in [-0.15, -0.1) is 0 Å². The predicted octanol–water partition coefficient (Wildman–Crippen LogP) is 0.909. The van der Waals surface area contributed by atoms with E-state index in [2.05, 4.69) is 10.6 Å². The maximum atomic E-state index is 11.5. The SMILES string of the molecule is CC(C)C(O)CNCC(=O)NCc1ccccc1. The first-order chi connectivity index (χ1) is 8.59. The van der Waals surface area contributed by atoms with E-state index in [0.29, 0.717) is 13.1 Å². The predicted molar refractivity (Wildman–Crippen MR) is 72.0 cm³/mol. The minimum atomic E-state index is -0.410. The van der Waals surface area contributed by atoms with Gasteiger partial charge in [-0.3, -0.25) is 4.79 Å². The Balaban J connectivity index is 2.15. The molecule has 3 N–H and O–H groups in total. The van der Waals surface area contributed by atoms with Gasteiger partial charge < -0.3 is 15.7 Å². The zero-order chi connectivity index (χ0) is 13.4. The van der Waals surface area contributed by atoms with Crippen LogP contribution in [0.2, 0.25) is 0 Å². The first-order valence-corrected chi connectivity index (χ1v) is 6.29. The van der Waals surface area contributed by atoms with Crippen molar-refractivity contribution in [3.63, 3.8) is 0 Å². The highest BCUT2D eigenvalue weighted by Gasteiger charge is 2.09. The van der Waals surface area contributed by atoms with Crippen molar-refractivity contribution in [3.8, 4) is 0 Å². The van der Waals surface area contributed by atoms with Crippen molar-refractivity contribution in [3.05, 3.63) is 35.9 Å². The van der Waals surface area contributed by atoms with Crippen molar-refractivity contribution in [1.82, 2.24) is 10.6 Å². The van der Waals surface area contributed by atoms with Crippen LogP contribution in [0, 0.1) is 5.92 Å². The lowest BCUT2D eigenvalue weighted by Gasteiger charge is -2.14. The fourth-order valence-corrected chi connectivity index (χ4v) is 1.43. The van der Waals surface area contributed by atoms with Crippen LogP contribution in [0.1, 0.15) is 19.4 Å². The van der Waals surface area contributed by atoms with Crippen molar-refractivity contribution in [2.75, 3.05) is 13.1 Å². The fourth-order valence-electron chi connectivity index (χ4n) is 1.43. The Morgan fingerprint density at radius 3 is 2.56 bits per heavy atom. The van der Waals surface area contributed by atoms with Gasteiger partial charge in [0.15, 0.2) is 0 Å². The molecule has 18 heavy (non-hydrogen) atoms. The molecule has 1 unspecified atom stereocenters. The van der Waals surface area contributed by atoms with E-state index in [1.165, 1.54) is 0 Å². The molecule has 100 valence electrons. The molecule has 1 rings (SSSR count). The molecule has 0 bridgehead atoms. The molecular weight excluding hydrogens is 228 g/mol. The highest BCUT2D eigenvalue weighted by Crippen LogP contribution is 1.98. The van der Waals surface area contributed by atoms with Crippen molar-refractivity contribution in [2.45, 2.75) is 26.5 Å². The summed E-state index contributed by atoms with van der Waals surface area (Å²) in [6, 6.07) is 9.77. The number of aliphatic hydroxyl groups excluding tert-OH is 1. The molecule has 0 radical (unpaired) electrons. The quantitative estimate of drug-likeness (QED) is 0.674. The number of aliphatic hydroxyl groups is 1. The van der Waals surface area contributed by atoms with Crippen LogP contribution in [0.4, 0.5) is 0 Å². The number of amides is 1. The van der Waals surface area contributed by atoms with E-state index in [1.807, 2.05) is 44.2 Å². The molecule has 0 aromatic heterocycles. The Kier molecular flexibility index (Phi) is 6.39. The van der Waals surface area contributed by atoms with Gasteiger partial charge in [-0.1, -0.05) is 44.2 Å². The van der Waals surface area contributed by atoms with Crippen LogP contribution in [0.3, 0.4) is 0 Å². The van der Waals surface area contributed by atoms with Crippen LogP contribution in [0.15, 0.2) is 30.3 Å². The average Bonchev–Trinajstić information content (AvgIpc) is 2.37. The highest BCUT2D eigenvalue weighted by atomic mass is 16.3. The van der Waals surface area contributed by atoms with E-state index >= 15 is 0 Å². The molecular formula is C14H22N2O2.